The topological polar surface area (TPSA) is 77.4 Å². The van der Waals surface area contributed by atoms with Crippen LogP contribution in [0.3, 0.4) is 0 Å². The van der Waals surface area contributed by atoms with Crippen LogP contribution in [0.4, 0.5) is 0 Å². The Hall–Kier alpha value is -4.33. The molecule has 0 spiro atoms. The quantitative estimate of drug-likeness (QED) is 0.221. The predicted molar refractivity (Wildman–Crippen MR) is 160 cm³/mol. The highest BCUT2D eigenvalue weighted by Crippen LogP contribution is 2.28. The SMILES string of the molecule is CC(C)(O)C(C)(C)O[B]c1ccc(Oc2ccc(-c3nc(-c4ccccc4)nc(-c4ccccc4)n3)cc2)cc1. The first-order chi connectivity index (χ1) is 19.2. The molecule has 0 aliphatic rings. The van der Waals surface area contributed by atoms with Crippen molar-refractivity contribution in [3.63, 3.8) is 0 Å². The van der Waals surface area contributed by atoms with Gasteiger partial charge in [0.25, 0.3) is 0 Å². The lowest BCUT2D eigenvalue weighted by Gasteiger charge is -2.37. The number of hydrogen-bond donors (Lipinski definition) is 1. The fourth-order valence-corrected chi connectivity index (χ4v) is 3.72. The zero-order valence-electron chi connectivity index (χ0n) is 23.1. The highest BCUT2D eigenvalue weighted by atomic mass is 16.5. The summed E-state index contributed by atoms with van der Waals surface area (Å²) < 4.78 is 11.9. The number of nitrogens with zero attached hydrogens (tertiary/aromatic N) is 3. The number of ether oxygens (including phenoxy) is 1. The van der Waals surface area contributed by atoms with Crippen molar-refractivity contribution < 1.29 is 14.5 Å². The van der Waals surface area contributed by atoms with Gasteiger partial charge in [-0.15, -0.1) is 0 Å². The zero-order valence-corrected chi connectivity index (χ0v) is 23.1. The van der Waals surface area contributed by atoms with Gasteiger partial charge in [0.2, 0.25) is 0 Å². The molecule has 0 saturated heterocycles. The van der Waals surface area contributed by atoms with Crippen LogP contribution in [0.2, 0.25) is 0 Å². The Kier molecular flexibility index (Phi) is 7.78. The Labute approximate surface area is 236 Å². The lowest BCUT2D eigenvalue weighted by molar-refractivity contribution is -0.0893. The fourth-order valence-electron chi connectivity index (χ4n) is 3.72. The van der Waals surface area contributed by atoms with Crippen molar-refractivity contribution in [1.82, 2.24) is 15.0 Å². The molecule has 1 N–H and O–H groups in total. The van der Waals surface area contributed by atoms with E-state index in [1.54, 1.807) is 21.3 Å². The minimum Gasteiger partial charge on any atom is -0.457 e. The summed E-state index contributed by atoms with van der Waals surface area (Å²) in [7, 11) is 1.65. The Morgan fingerprint density at radius 3 is 1.38 bits per heavy atom. The van der Waals surface area contributed by atoms with Gasteiger partial charge in [-0.05, 0) is 64.1 Å². The molecule has 1 aromatic heterocycles. The largest absolute Gasteiger partial charge is 0.457 e. The molecule has 0 atom stereocenters. The second-order valence-corrected chi connectivity index (χ2v) is 10.5. The molecule has 0 unspecified atom stereocenters. The number of hydrogen-bond acceptors (Lipinski definition) is 6. The van der Waals surface area contributed by atoms with E-state index in [1.165, 1.54) is 0 Å². The van der Waals surface area contributed by atoms with E-state index in [0.29, 0.717) is 29.0 Å². The number of aliphatic hydroxyl groups is 1. The van der Waals surface area contributed by atoms with Gasteiger partial charge in [-0.25, -0.2) is 15.0 Å². The molecule has 199 valence electrons. The normalized spacial score (nSPS) is 11.7. The van der Waals surface area contributed by atoms with E-state index >= 15 is 0 Å². The molecule has 4 aromatic carbocycles. The van der Waals surface area contributed by atoms with Crippen LogP contribution in [-0.2, 0) is 4.65 Å². The summed E-state index contributed by atoms with van der Waals surface area (Å²) >= 11 is 0. The van der Waals surface area contributed by atoms with Gasteiger partial charge in [-0.1, -0.05) is 78.3 Å². The van der Waals surface area contributed by atoms with Crippen LogP contribution in [0.15, 0.2) is 109 Å². The van der Waals surface area contributed by atoms with Crippen LogP contribution in [0.5, 0.6) is 11.5 Å². The van der Waals surface area contributed by atoms with Crippen LogP contribution in [0.25, 0.3) is 34.2 Å². The first kappa shape index (κ1) is 27.2. The number of aromatic nitrogens is 3. The van der Waals surface area contributed by atoms with Crippen molar-refractivity contribution in [2.24, 2.45) is 0 Å². The Bertz CT molecular complexity index is 1490. The van der Waals surface area contributed by atoms with Crippen molar-refractivity contribution >= 4 is 12.9 Å². The van der Waals surface area contributed by atoms with Crippen LogP contribution in [0, 0.1) is 0 Å². The monoisotopic (exact) mass is 528 g/mol. The van der Waals surface area contributed by atoms with E-state index < -0.39 is 11.2 Å². The first-order valence-electron chi connectivity index (χ1n) is 13.2. The lowest BCUT2D eigenvalue weighted by atomic mass is 9.82. The van der Waals surface area contributed by atoms with Crippen molar-refractivity contribution in [2.45, 2.75) is 38.9 Å². The molecule has 1 radical (unpaired) electrons. The smallest absolute Gasteiger partial charge is 0.330 e. The van der Waals surface area contributed by atoms with Crippen molar-refractivity contribution in [2.75, 3.05) is 0 Å². The van der Waals surface area contributed by atoms with E-state index in [9.17, 15) is 5.11 Å². The summed E-state index contributed by atoms with van der Waals surface area (Å²) in [5.41, 5.74) is 1.88. The third-order valence-electron chi connectivity index (χ3n) is 6.89. The van der Waals surface area contributed by atoms with Gasteiger partial charge < -0.3 is 14.5 Å². The predicted octanol–water partition coefficient (Wildman–Crippen LogP) is 6.48. The maximum absolute atomic E-state index is 10.3. The van der Waals surface area contributed by atoms with E-state index in [-0.39, 0.29) is 0 Å². The van der Waals surface area contributed by atoms with Gasteiger partial charge >= 0.3 is 7.48 Å². The summed E-state index contributed by atoms with van der Waals surface area (Å²) in [6.07, 6.45) is 0. The van der Waals surface area contributed by atoms with Gasteiger partial charge in [0.1, 0.15) is 11.5 Å². The van der Waals surface area contributed by atoms with Gasteiger partial charge in [0, 0.05) is 16.7 Å². The van der Waals surface area contributed by atoms with E-state index in [1.807, 2.05) is 123 Å². The van der Waals surface area contributed by atoms with Crippen LogP contribution < -0.4 is 10.2 Å². The molecular formula is C33H31BN3O3. The maximum Gasteiger partial charge on any atom is 0.330 e. The molecule has 0 saturated carbocycles. The average molecular weight is 528 g/mol. The minimum absolute atomic E-state index is 0.591. The number of benzene rings is 4. The molecule has 5 aromatic rings. The lowest BCUT2D eigenvalue weighted by Crippen LogP contribution is -2.49. The first-order valence-corrected chi connectivity index (χ1v) is 13.2. The van der Waals surface area contributed by atoms with Gasteiger partial charge in [0.05, 0.1) is 11.2 Å². The molecule has 0 aliphatic heterocycles. The van der Waals surface area contributed by atoms with Crippen LogP contribution in [0.1, 0.15) is 27.7 Å². The Balaban J connectivity index is 1.33. The highest BCUT2D eigenvalue weighted by Gasteiger charge is 2.35. The van der Waals surface area contributed by atoms with E-state index in [2.05, 4.69) is 0 Å². The molecule has 5 rings (SSSR count). The molecule has 0 amide bonds. The third-order valence-corrected chi connectivity index (χ3v) is 6.89. The fraction of sp³-hybridized carbons (Fsp3) is 0.182. The molecule has 1 heterocycles. The second-order valence-electron chi connectivity index (χ2n) is 10.5. The second kappa shape index (κ2) is 11.4. The average Bonchev–Trinajstić information content (AvgIpc) is 2.97. The third kappa shape index (κ3) is 6.45. The zero-order chi connectivity index (χ0) is 28.2. The molecule has 0 aliphatic carbocycles. The van der Waals surface area contributed by atoms with E-state index in [0.717, 1.165) is 22.2 Å². The molecular weight excluding hydrogens is 497 g/mol. The van der Waals surface area contributed by atoms with Gasteiger partial charge in [-0.3, -0.25) is 0 Å². The molecule has 0 bridgehead atoms. The molecule has 7 heteroatoms. The standard InChI is InChI=1S/C33H31BN3O3/c1-32(2,38)33(3,4)40-34-26-17-21-28(22-18-26)39-27-19-15-25(16-20-27)31-36-29(23-11-7-5-8-12-23)35-30(37-31)24-13-9-6-10-14-24/h5-22,38H,1-4H3. The molecule has 6 nitrogen and oxygen atoms in total. The van der Waals surface area contributed by atoms with Gasteiger partial charge in [0.15, 0.2) is 17.5 Å². The summed E-state index contributed by atoms with van der Waals surface area (Å²) in [6.45, 7) is 7.17. The summed E-state index contributed by atoms with van der Waals surface area (Å²) in [6, 6.07) is 35.1. The van der Waals surface area contributed by atoms with Crippen molar-refractivity contribution in [3.05, 3.63) is 109 Å². The number of rotatable bonds is 9. The minimum atomic E-state index is -0.980. The summed E-state index contributed by atoms with van der Waals surface area (Å²) in [5, 5.41) is 10.3. The molecule has 0 fully saturated rings. The van der Waals surface area contributed by atoms with Gasteiger partial charge in [-0.2, -0.15) is 0 Å². The van der Waals surface area contributed by atoms with E-state index in [4.69, 9.17) is 24.3 Å². The Morgan fingerprint density at radius 2 is 0.950 bits per heavy atom. The highest BCUT2D eigenvalue weighted by molar-refractivity contribution is 6.47. The maximum atomic E-state index is 10.3. The summed E-state index contributed by atoms with van der Waals surface area (Å²) in [4.78, 5) is 14.3. The van der Waals surface area contributed by atoms with Crippen molar-refractivity contribution in [3.8, 4) is 45.7 Å². The Morgan fingerprint density at radius 1 is 0.550 bits per heavy atom. The summed E-state index contributed by atoms with van der Waals surface area (Å²) in [5.74, 6) is 3.23. The van der Waals surface area contributed by atoms with Crippen LogP contribution >= 0.6 is 0 Å². The van der Waals surface area contributed by atoms with Crippen molar-refractivity contribution in [1.29, 1.82) is 0 Å². The molecule has 40 heavy (non-hydrogen) atoms. The van der Waals surface area contributed by atoms with Crippen LogP contribution in [-0.4, -0.2) is 38.7 Å².